The zero-order valence-corrected chi connectivity index (χ0v) is 10.7. The average Bonchev–Trinajstić information content (AvgIpc) is 2.39. The minimum absolute atomic E-state index is 0.609. The molecule has 0 aromatic heterocycles. The van der Waals surface area contributed by atoms with Gasteiger partial charge in [0.05, 0.1) is 0 Å². The average molecular weight is 241 g/mol. The lowest BCUT2D eigenvalue weighted by molar-refractivity contribution is 0.304. The van der Waals surface area contributed by atoms with Crippen LogP contribution in [-0.2, 0) is 13.0 Å². The molecule has 0 fully saturated rings. The fourth-order valence-corrected chi connectivity index (χ4v) is 1.93. The van der Waals surface area contributed by atoms with Crippen molar-refractivity contribution in [2.24, 2.45) is 5.73 Å². The Labute approximate surface area is 108 Å². The van der Waals surface area contributed by atoms with Gasteiger partial charge in [0.15, 0.2) is 0 Å². The summed E-state index contributed by atoms with van der Waals surface area (Å²) in [5.74, 6) is 0.944. The molecule has 2 heteroatoms. The van der Waals surface area contributed by atoms with Gasteiger partial charge in [-0.05, 0) is 42.6 Å². The highest BCUT2D eigenvalue weighted by Crippen LogP contribution is 2.20. The lowest BCUT2D eigenvalue weighted by Crippen LogP contribution is -2.03. The van der Waals surface area contributed by atoms with Crippen LogP contribution in [0.5, 0.6) is 5.75 Å². The second-order valence-corrected chi connectivity index (χ2v) is 4.41. The summed E-state index contributed by atoms with van der Waals surface area (Å²) in [5, 5.41) is 0. The molecule has 2 N–H and O–H groups in total. The molecule has 0 atom stereocenters. The monoisotopic (exact) mass is 241 g/mol. The first kappa shape index (κ1) is 12.7. The second kappa shape index (κ2) is 6.22. The topological polar surface area (TPSA) is 35.2 Å². The van der Waals surface area contributed by atoms with Crippen molar-refractivity contribution in [3.63, 3.8) is 0 Å². The van der Waals surface area contributed by atoms with Crippen LogP contribution in [0.1, 0.15) is 16.7 Å². The lowest BCUT2D eigenvalue weighted by atomic mass is 10.1. The molecule has 0 unspecified atom stereocenters. The summed E-state index contributed by atoms with van der Waals surface area (Å²) in [6.07, 6.45) is 0.916. The Morgan fingerprint density at radius 3 is 2.44 bits per heavy atom. The van der Waals surface area contributed by atoms with Gasteiger partial charge in [0, 0.05) is 0 Å². The van der Waals surface area contributed by atoms with Crippen molar-refractivity contribution in [3.05, 3.63) is 65.2 Å². The standard InChI is InChI=1S/C16H19NO/c1-13-11-14(9-10-17)7-8-16(13)18-12-15-5-3-2-4-6-15/h2-8,11H,9-10,12,17H2,1H3. The van der Waals surface area contributed by atoms with Crippen LogP contribution < -0.4 is 10.5 Å². The van der Waals surface area contributed by atoms with Crippen LogP contribution in [0.15, 0.2) is 48.5 Å². The van der Waals surface area contributed by atoms with Gasteiger partial charge in [0.2, 0.25) is 0 Å². The maximum absolute atomic E-state index is 5.82. The number of hydrogen-bond donors (Lipinski definition) is 1. The molecule has 0 amide bonds. The van der Waals surface area contributed by atoms with Crippen molar-refractivity contribution in [1.82, 2.24) is 0 Å². The molecular formula is C16H19NO. The maximum Gasteiger partial charge on any atom is 0.122 e. The van der Waals surface area contributed by atoms with E-state index in [0.29, 0.717) is 13.2 Å². The van der Waals surface area contributed by atoms with Crippen molar-refractivity contribution in [3.8, 4) is 5.75 Å². The number of hydrogen-bond acceptors (Lipinski definition) is 2. The van der Waals surface area contributed by atoms with E-state index in [0.717, 1.165) is 17.7 Å². The van der Waals surface area contributed by atoms with Gasteiger partial charge in [0.1, 0.15) is 12.4 Å². The first-order chi connectivity index (χ1) is 8.79. The van der Waals surface area contributed by atoms with Crippen LogP contribution in [0, 0.1) is 6.92 Å². The quantitative estimate of drug-likeness (QED) is 0.873. The Morgan fingerprint density at radius 2 is 1.78 bits per heavy atom. The summed E-state index contributed by atoms with van der Waals surface area (Å²) in [5.41, 5.74) is 9.16. The van der Waals surface area contributed by atoms with Gasteiger partial charge >= 0.3 is 0 Å². The second-order valence-electron chi connectivity index (χ2n) is 4.41. The Morgan fingerprint density at radius 1 is 1.00 bits per heavy atom. The van der Waals surface area contributed by atoms with Gasteiger partial charge in [0.25, 0.3) is 0 Å². The van der Waals surface area contributed by atoms with E-state index in [1.54, 1.807) is 0 Å². The molecule has 0 aliphatic carbocycles. The molecule has 0 saturated carbocycles. The molecule has 0 radical (unpaired) electrons. The van der Waals surface area contributed by atoms with Crippen LogP contribution in [0.3, 0.4) is 0 Å². The van der Waals surface area contributed by atoms with Gasteiger partial charge in [-0.3, -0.25) is 0 Å². The lowest BCUT2D eigenvalue weighted by Gasteiger charge is -2.10. The SMILES string of the molecule is Cc1cc(CCN)ccc1OCc1ccccc1. The van der Waals surface area contributed by atoms with E-state index < -0.39 is 0 Å². The normalized spacial score (nSPS) is 10.3. The Balaban J connectivity index is 2.01. The molecule has 0 aliphatic rings. The molecule has 18 heavy (non-hydrogen) atoms. The fraction of sp³-hybridized carbons (Fsp3) is 0.250. The van der Waals surface area contributed by atoms with E-state index in [4.69, 9.17) is 10.5 Å². The van der Waals surface area contributed by atoms with Crippen molar-refractivity contribution in [2.75, 3.05) is 6.54 Å². The van der Waals surface area contributed by atoms with Crippen molar-refractivity contribution in [1.29, 1.82) is 0 Å². The molecule has 2 nitrogen and oxygen atoms in total. The Kier molecular flexibility index (Phi) is 4.37. The first-order valence-corrected chi connectivity index (χ1v) is 6.26. The third-order valence-electron chi connectivity index (χ3n) is 2.91. The van der Waals surface area contributed by atoms with Crippen molar-refractivity contribution in [2.45, 2.75) is 20.0 Å². The van der Waals surface area contributed by atoms with Gasteiger partial charge < -0.3 is 10.5 Å². The van der Waals surface area contributed by atoms with E-state index in [1.807, 2.05) is 24.3 Å². The highest BCUT2D eigenvalue weighted by molar-refractivity contribution is 5.36. The molecule has 0 heterocycles. The summed E-state index contributed by atoms with van der Waals surface area (Å²) in [6.45, 7) is 3.36. The smallest absolute Gasteiger partial charge is 0.122 e. The van der Waals surface area contributed by atoms with Crippen LogP contribution in [0.2, 0.25) is 0 Å². The van der Waals surface area contributed by atoms with E-state index in [1.165, 1.54) is 11.1 Å². The van der Waals surface area contributed by atoms with E-state index in [9.17, 15) is 0 Å². The molecule has 0 bridgehead atoms. The molecule has 2 aromatic rings. The van der Waals surface area contributed by atoms with E-state index in [2.05, 4.69) is 31.2 Å². The molecule has 0 aliphatic heterocycles. The Hall–Kier alpha value is -1.80. The molecule has 94 valence electrons. The summed E-state index contributed by atoms with van der Waals surface area (Å²) >= 11 is 0. The number of benzene rings is 2. The van der Waals surface area contributed by atoms with Crippen molar-refractivity contribution >= 4 is 0 Å². The minimum Gasteiger partial charge on any atom is -0.489 e. The van der Waals surface area contributed by atoms with Crippen LogP contribution >= 0.6 is 0 Å². The molecular weight excluding hydrogens is 222 g/mol. The zero-order valence-electron chi connectivity index (χ0n) is 10.7. The summed E-state index contributed by atoms with van der Waals surface area (Å²) in [7, 11) is 0. The van der Waals surface area contributed by atoms with E-state index in [-0.39, 0.29) is 0 Å². The fourth-order valence-electron chi connectivity index (χ4n) is 1.93. The van der Waals surface area contributed by atoms with E-state index >= 15 is 0 Å². The molecule has 2 rings (SSSR count). The van der Waals surface area contributed by atoms with Gasteiger partial charge in [-0.25, -0.2) is 0 Å². The molecule has 2 aromatic carbocycles. The summed E-state index contributed by atoms with van der Waals surface area (Å²) < 4.78 is 5.82. The first-order valence-electron chi connectivity index (χ1n) is 6.26. The van der Waals surface area contributed by atoms with Gasteiger partial charge in [-0.2, -0.15) is 0 Å². The van der Waals surface area contributed by atoms with Crippen LogP contribution in [-0.4, -0.2) is 6.54 Å². The third-order valence-corrected chi connectivity index (χ3v) is 2.91. The predicted octanol–water partition coefficient (Wildman–Crippen LogP) is 3.08. The van der Waals surface area contributed by atoms with Gasteiger partial charge in [-0.1, -0.05) is 42.5 Å². The summed E-state index contributed by atoms with van der Waals surface area (Å²) in [6, 6.07) is 16.5. The highest BCUT2D eigenvalue weighted by Gasteiger charge is 2.01. The highest BCUT2D eigenvalue weighted by atomic mass is 16.5. The third kappa shape index (κ3) is 3.34. The predicted molar refractivity (Wildman–Crippen MR) is 74.7 cm³/mol. The number of aryl methyl sites for hydroxylation is 1. The number of ether oxygens (including phenoxy) is 1. The molecule has 0 saturated heterocycles. The maximum atomic E-state index is 5.82. The van der Waals surface area contributed by atoms with Crippen molar-refractivity contribution < 1.29 is 4.74 Å². The number of nitrogens with two attached hydrogens (primary N) is 1. The van der Waals surface area contributed by atoms with Crippen LogP contribution in [0.4, 0.5) is 0 Å². The van der Waals surface area contributed by atoms with Crippen LogP contribution in [0.25, 0.3) is 0 Å². The van der Waals surface area contributed by atoms with Gasteiger partial charge in [-0.15, -0.1) is 0 Å². The minimum atomic E-state index is 0.609. The zero-order chi connectivity index (χ0) is 12.8. The molecule has 0 spiro atoms. The largest absolute Gasteiger partial charge is 0.489 e. The number of rotatable bonds is 5. The Bertz CT molecular complexity index is 494. The summed E-state index contributed by atoms with van der Waals surface area (Å²) in [4.78, 5) is 0.